The van der Waals surface area contributed by atoms with E-state index in [-0.39, 0.29) is 17.8 Å². The lowest BCUT2D eigenvalue weighted by Crippen LogP contribution is -2.37. The molecule has 1 atom stereocenters. The van der Waals surface area contributed by atoms with Crippen LogP contribution in [-0.2, 0) is 4.84 Å². The molecule has 0 aliphatic carbocycles. The van der Waals surface area contributed by atoms with E-state index in [1.54, 1.807) is 35.2 Å². The molecule has 0 spiro atoms. The van der Waals surface area contributed by atoms with Crippen molar-refractivity contribution in [1.82, 2.24) is 4.90 Å². The Labute approximate surface area is 155 Å². The van der Waals surface area contributed by atoms with E-state index in [1.807, 2.05) is 6.07 Å². The van der Waals surface area contributed by atoms with Crippen LogP contribution in [0.25, 0.3) is 0 Å². The Morgan fingerprint density at radius 1 is 1.36 bits per heavy atom. The molecule has 2 aromatic rings. The molecule has 0 N–H and O–H groups in total. The van der Waals surface area contributed by atoms with E-state index < -0.39 is 0 Å². The van der Waals surface area contributed by atoms with Crippen LogP contribution in [-0.4, -0.2) is 35.7 Å². The molecule has 1 aliphatic heterocycles. The van der Waals surface area contributed by atoms with Crippen LogP contribution in [0.5, 0.6) is 0 Å². The quantitative estimate of drug-likeness (QED) is 0.699. The lowest BCUT2D eigenvalue weighted by atomic mass is 10.0. The molecule has 1 aromatic heterocycles. The van der Waals surface area contributed by atoms with Crippen molar-refractivity contribution in [1.29, 1.82) is 0 Å². The van der Waals surface area contributed by atoms with Gasteiger partial charge >= 0.3 is 0 Å². The van der Waals surface area contributed by atoms with Gasteiger partial charge in [-0.3, -0.25) is 4.79 Å². The van der Waals surface area contributed by atoms with Gasteiger partial charge in [-0.25, -0.2) is 0 Å². The maximum Gasteiger partial charge on any atom is 0.289 e. The van der Waals surface area contributed by atoms with E-state index in [1.165, 1.54) is 6.26 Å². The monoisotopic (exact) mass is 378 g/mol. The van der Waals surface area contributed by atoms with Crippen LogP contribution >= 0.6 is 23.2 Å². The molecule has 130 valence electrons. The second-order valence-corrected chi connectivity index (χ2v) is 6.39. The van der Waals surface area contributed by atoms with Crippen LogP contribution in [0, 0.1) is 0 Å². The first-order valence-corrected chi connectivity index (χ1v) is 8.46. The minimum absolute atomic E-state index is 0.212. The molecule has 1 unspecified atom stereocenters. The number of oxime groups is 1. The van der Waals surface area contributed by atoms with Gasteiger partial charge in [0.15, 0.2) is 11.9 Å². The summed E-state index contributed by atoms with van der Waals surface area (Å²) in [6, 6.07) is 8.63. The zero-order chi connectivity index (χ0) is 17.8. The Balaban J connectivity index is 1.66. The summed E-state index contributed by atoms with van der Waals surface area (Å²) < 4.78 is 5.18. The summed E-state index contributed by atoms with van der Waals surface area (Å²) in [6.45, 7) is 4.46. The van der Waals surface area contributed by atoms with Crippen molar-refractivity contribution in [2.75, 3.05) is 13.1 Å². The highest BCUT2D eigenvalue weighted by atomic mass is 35.5. The van der Waals surface area contributed by atoms with Crippen molar-refractivity contribution in [2.45, 2.75) is 12.5 Å². The van der Waals surface area contributed by atoms with Gasteiger partial charge in [-0.15, -0.1) is 6.58 Å². The Hall–Kier alpha value is -2.24. The molecular weight excluding hydrogens is 363 g/mol. The number of hydrogen-bond acceptors (Lipinski definition) is 4. The second-order valence-electron chi connectivity index (χ2n) is 5.57. The Bertz CT molecular complexity index is 803. The fourth-order valence-electron chi connectivity index (χ4n) is 2.57. The Morgan fingerprint density at radius 2 is 2.20 bits per heavy atom. The number of furan rings is 1. The van der Waals surface area contributed by atoms with Gasteiger partial charge in [-0.1, -0.05) is 40.5 Å². The maximum atomic E-state index is 12.5. The predicted molar refractivity (Wildman–Crippen MR) is 97.3 cm³/mol. The fraction of sp³-hybridized carbons (Fsp3) is 0.222. The van der Waals surface area contributed by atoms with Crippen LogP contribution in [0.3, 0.4) is 0 Å². The first-order valence-electron chi connectivity index (χ1n) is 7.70. The number of nitrogens with zero attached hydrogens (tertiary/aromatic N) is 2. The van der Waals surface area contributed by atoms with Gasteiger partial charge < -0.3 is 14.2 Å². The number of hydrogen-bond donors (Lipinski definition) is 0. The summed E-state index contributed by atoms with van der Waals surface area (Å²) in [5.74, 6) is 0.0713. The molecule has 0 saturated heterocycles. The normalized spacial score (nSPS) is 16.2. The molecule has 1 aliphatic rings. The zero-order valence-corrected chi connectivity index (χ0v) is 14.8. The highest BCUT2D eigenvalue weighted by molar-refractivity contribution is 6.42. The smallest absolute Gasteiger partial charge is 0.289 e. The van der Waals surface area contributed by atoms with Gasteiger partial charge in [-0.05, 0) is 24.3 Å². The largest absolute Gasteiger partial charge is 0.459 e. The molecule has 1 aromatic carbocycles. The van der Waals surface area contributed by atoms with E-state index in [2.05, 4.69) is 11.7 Å². The van der Waals surface area contributed by atoms with E-state index in [0.717, 1.165) is 11.3 Å². The molecule has 25 heavy (non-hydrogen) atoms. The fourth-order valence-corrected chi connectivity index (χ4v) is 2.87. The average molecular weight is 379 g/mol. The van der Waals surface area contributed by atoms with Gasteiger partial charge in [0.2, 0.25) is 0 Å². The van der Waals surface area contributed by atoms with E-state index >= 15 is 0 Å². The van der Waals surface area contributed by atoms with E-state index in [4.69, 9.17) is 32.5 Å². The summed E-state index contributed by atoms with van der Waals surface area (Å²) in [7, 11) is 0. The van der Waals surface area contributed by atoms with Crippen molar-refractivity contribution in [3.63, 3.8) is 0 Å². The van der Waals surface area contributed by atoms with Crippen molar-refractivity contribution >= 4 is 34.8 Å². The Kier molecular flexibility index (Phi) is 5.46. The molecular formula is C18H16Cl2N2O3. The third-order valence-corrected chi connectivity index (χ3v) is 4.52. The number of amides is 1. The van der Waals surface area contributed by atoms with Gasteiger partial charge in [0.1, 0.15) is 0 Å². The zero-order valence-electron chi connectivity index (χ0n) is 13.3. The van der Waals surface area contributed by atoms with Crippen LogP contribution < -0.4 is 0 Å². The minimum atomic E-state index is -0.247. The summed E-state index contributed by atoms with van der Waals surface area (Å²) >= 11 is 12.0. The first kappa shape index (κ1) is 17.6. The molecule has 0 bridgehead atoms. The standard InChI is InChI=1S/C18H16Cl2N2O3/c1-2-7-22(18(23)17-4-3-8-24-17)11-13-10-16(21-25-13)12-5-6-14(19)15(20)9-12/h2-6,8-9,13H,1,7,10-11H2. The van der Waals surface area contributed by atoms with Gasteiger partial charge in [0, 0.05) is 18.5 Å². The topological polar surface area (TPSA) is 55.0 Å². The maximum absolute atomic E-state index is 12.5. The molecule has 2 heterocycles. The molecule has 0 fully saturated rings. The third-order valence-electron chi connectivity index (χ3n) is 3.78. The van der Waals surface area contributed by atoms with Crippen LogP contribution in [0.1, 0.15) is 22.5 Å². The summed E-state index contributed by atoms with van der Waals surface area (Å²) in [6.07, 6.45) is 3.45. The molecule has 0 saturated carbocycles. The summed E-state index contributed by atoms with van der Waals surface area (Å²) in [5.41, 5.74) is 1.62. The van der Waals surface area contributed by atoms with E-state index in [9.17, 15) is 4.79 Å². The number of halogens is 2. The van der Waals surface area contributed by atoms with Crippen LogP contribution in [0.2, 0.25) is 10.0 Å². The Morgan fingerprint density at radius 3 is 2.88 bits per heavy atom. The molecule has 3 rings (SSSR count). The van der Waals surface area contributed by atoms with Crippen molar-refractivity contribution in [2.24, 2.45) is 5.16 Å². The third kappa shape index (κ3) is 4.06. The van der Waals surface area contributed by atoms with Crippen molar-refractivity contribution in [3.8, 4) is 0 Å². The van der Waals surface area contributed by atoms with Gasteiger partial charge in [0.25, 0.3) is 5.91 Å². The number of carbonyl (C=O) groups excluding carboxylic acids is 1. The lowest BCUT2D eigenvalue weighted by Gasteiger charge is -2.22. The van der Waals surface area contributed by atoms with Crippen molar-refractivity contribution in [3.05, 3.63) is 70.6 Å². The first-order chi connectivity index (χ1) is 12.1. The highest BCUT2D eigenvalue weighted by Crippen LogP contribution is 2.26. The number of benzene rings is 1. The van der Waals surface area contributed by atoms with Crippen LogP contribution in [0.4, 0.5) is 0 Å². The molecule has 0 radical (unpaired) electrons. The lowest BCUT2D eigenvalue weighted by molar-refractivity contribution is 0.0432. The van der Waals surface area contributed by atoms with Crippen molar-refractivity contribution < 1.29 is 14.0 Å². The molecule has 7 heteroatoms. The van der Waals surface area contributed by atoms with Gasteiger partial charge in [-0.2, -0.15) is 0 Å². The molecule has 1 amide bonds. The second kappa shape index (κ2) is 7.76. The predicted octanol–water partition coefficient (Wildman–Crippen LogP) is 4.41. The number of rotatable bonds is 6. The summed E-state index contributed by atoms with van der Waals surface area (Å²) in [4.78, 5) is 19.6. The van der Waals surface area contributed by atoms with E-state index in [0.29, 0.717) is 29.6 Å². The summed E-state index contributed by atoms with van der Waals surface area (Å²) in [5, 5.41) is 5.07. The SMILES string of the molecule is C=CCN(CC1CC(c2ccc(Cl)c(Cl)c2)=NO1)C(=O)c1ccco1. The van der Waals surface area contributed by atoms with Crippen LogP contribution in [0.15, 0.2) is 58.8 Å². The minimum Gasteiger partial charge on any atom is -0.459 e. The number of carbonyl (C=O) groups is 1. The van der Waals surface area contributed by atoms with Gasteiger partial charge in [0.05, 0.1) is 28.6 Å². The average Bonchev–Trinajstić information content (AvgIpc) is 3.28. The highest BCUT2D eigenvalue weighted by Gasteiger charge is 2.27. The molecule has 5 nitrogen and oxygen atoms in total.